The number of hydrogen-bond acceptors (Lipinski definition) is 7. The summed E-state index contributed by atoms with van der Waals surface area (Å²) in [5.74, 6) is 0.138. The van der Waals surface area contributed by atoms with Gasteiger partial charge in [-0.1, -0.05) is 54.6 Å². The lowest BCUT2D eigenvalue weighted by Crippen LogP contribution is -2.51. The molecule has 0 radical (unpaired) electrons. The molecule has 2 aromatic heterocycles. The first-order chi connectivity index (χ1) is 19.1. The molecule has 2 fully saturated rings. The number of hydrogen-bond donors (Lipinski definition) is 2. The Bertz CT molecular complexity index is 1670. The number of nitrogens with zero attached hydrogens (tertiary/aromatic N) is 4. The summed E-state index contributed by atoms with van der Waals surface area (Å²) in [6, 6.07) is 21.7. The van der Waals surface area contributed by atoms with E-state index in [1.165, 1.54) is 0 Å². The molecule has 5 aromatic rings. The summed E-state index contributed by atoms with van der Waals surface area (Å²) in [4.78, 5) is 16.1. The van der Waals surface area contributed by atoms with Crippen molar-refractivity contribution in [3.8, 4) is 23.0 Å². The van der Waals surface area contributed by atoms with E-state index in [4.69, 9.17) is 9.72 Å². The molecule has 196 valence electrons. The molecule has 0 saturated carbocycles. The van der Waals surface area contributed by atoms with E-state index < -0.39 is 5.82 Å². The number of anilines is 1. The molecule has 2 atom stereocenters. The molecule has 0 aliphatic carbocycles. The summed E-state index contributed by atoms with van der Waals surface area (Å²) >= 11 is 0. The van der Waals surface area contributed by atoms with Crippen LogP contribution in [0.3, 0.4) is 0 Å². The van der Waals surface area contributed by atoms with Gasteiger partial charge in [0.05, 0.1) is 12.0 Å². The van der Waals surface area contributed by atoms with Crippen LogP contribution in [0.4, 0.5) is 10.2 Å². The van der Waals surface area contributed by atoms with Gasteiger partial charge in [0.25, 0.3) is 0 Å². The molecule has 4 heterocycles. The van der Waals surface area contributed by atoms with Gasteiger partial charge in [-0.2, -0.15) is 9.97 Å². The van der Waals surface area contributed by atoms with Crippen LogP contribution in [0.1, 0.15) is 18.4 Å². The summed E-state index contributed by atoms with van der Waals surface area (Å²) in [5.41, 5.74) is 1.95. The molecule has 2 unspecified atom stereocenters. The van der Waals surface area contributed by atoms with E-state index in [-0.39, 0.29) is 23.0 Å². The SMILES string of the molecule is Oc1cc(-c2ncc3c(N4CC5CCC(C4)N5)nc(OCCc4ccccc4)nc3c2F)c2ccccc2c1. The van der Waals surface area contributed by atoms with Crippen LogP contribution < -0.4 is 15.0 Å². The molecule has 0 amide bonds. The molecule has 0 spiro atoms. The molecule has 8 heteroatoms. The standard InChI is InChI=1S/C31H28FN5O2/c32-27-28(25-15-23(38)14-20-8-4-5-9-24(20)25)33-16-26-29(27)35-31(39-13-12-19-6-2-1-3-7-19)36-30(26)37-17-21-10-11-22(18-37)34-21/h1-9,14-16,21-22,34,38H,10-13,17-18H2. The first kappa shape index (κ1) is 23.8. The highest BCUT2D eigenvalue weighted by atomic mass is 19.1. The first-order valence-corrected chi connectivity index (χ1v) is 13.4. The number of aromatic nitrogens is 3. The van der Waals surface area contributed by atoms with Gasteiger partial charge in [0, 0.05) is 43.4 Å². The highest BCUT2D eigenvalue weighted by Crippen LogP contribution is 2.37. The Morgan fingerprint density at radius 1 is 0.949 bits per heavy atom. The maximum Gasteiger partial charge on any atom is 0.319 e. The fraction of sp³-hybridized carbons (Fsp3) is 0.258. The lowest BCUT2D eigenvalue weighted by molar-refractivity contribution is 0.297. The zero-order chi connectivity index (χ0) is 26.3. The molecule has 2 aliphatic rings. The lowest BCUT2D eigenvalue weighted by Gasteiger charge is -2.34. The minimum absolute atomic E-state index is 0.0506. The summed E-state index contributed by atoms with van der Waals surface area (Å²) in [7, 11) is 0. The van der Waals surface area contributed by atoms with Gasteiger partial charge < -0.3 is 20.1 Å². The fourth-order valence-corrected chi connectivity index (χ4v) is 5.88. The number of fused-ring (bicyclic) bond motifs is 4. The summed E-state index contributed by atoms with van der Waals surface area (Å²) in [6.07, 6.45) is 4.58. The number of phenolic OH excluding ortho intramolecular Hbond substituents is 1. The Labute approximate surface area is 225 Å². The van der Waals surface area contributed by atoms with Crippen LogP contribution in [-0.2, 0) is 6.42 Å². The zero-order valence-corrected chi connectivity index (χ0v) is 21.3. The van der Waals surface area contributed by atoms with Crippen molar-refractivity contribution in [1.29, 1.82) is 0 Å². The largest absolute Gasteiger partial charge is 0.508 e. The van der Waals surface area contributed by atoms with E-state index in [1.807, 2.05) is 54.6 Å². The van der Waals surface area contributed by atoms with Crippen molar-refractivity contribution in [2.75, 3.05) is 24.6 Å². The van der Waals surface area contributed by atoms with E-state index in [2.05, 4.69) is 20.2 Å². The monoisotopic (exact) mass is 521 g/mol. The Hall–Kier alpha value is -4.30. The predicted octanol–water partition coefficient (Wildman–Crippen LogP) is 5.25. The van der Waals surface area contributed by atoms with E-state index in [1.54, 1.807) is 18.3 Å². The number of piperazine rings is 1. The van der Waals surface area contributed by atoms with Crippen molar-refractivity contribution >= 4 is 27.5 Å². The molecule has 7 rings (SSSR count). The highest BCUT2D eigenvalue weighted by molar-refractivity contribution is 5.99. The van der Waals surface area contributed by atoms with Crippen molar-refractivity contribution in [2.24, 2.45) is 0 Å². The molecule has 2 saturated heterocycles. The van der Waals surface area contributed by atoms with E-state index in [9.17, 15) is 5.11 Å². The molecule has 2 N–H and O–H groups in total. The number of benzene rings is 3. The van der Waals surface area contributed by atoms with Crippen molar-refractivity contribution in [2.45, 2.75) is 31.3 Å². The molecule has 39 heavy (non-hydrogen) atoms. The number of aromatic hydroxyl groups is 1. The third-order valence-corrected chi connectivity index (χ3v) is 7.73. The second kappa shape index (κ2) is 9.78. The Morgan fingerprint density at radius 3 is 2.54 bits per heavy atom. The lowest BCUT2D eigenvalue weighted by atomic mass is 10.0. The van der Waals surface area contributed by atoms with E-state index in [0.717, 1.165) is 42.3 Å². The van der Waals surface area contributed by atoms with Crippen LogP contribution in [0.2, 0.25) is 0 Å². The molecule has 3 aromatic carbocycles. The number of phenols is 1. The summed E-state index contributed by atoms with van der Waals surface area (Å²) < 4.78 is 22.4. The van der Waals surface area contributed by atoms with Gasteiger partial charge in [0.1, 0.15) is 22.8 Å². The van der Waals surface area contributed by atoms with Crippen LogP contribution >= 0.6 is 0 Å². The molecular formula is C31H28FN5O2. The quantitative estimate of drug-likeness (QED) is 0.316. The Kier molecular flexibility index (Phi) is 5.97. The number of ether oxygens (including phenoxy) is 1. The van der Waals surface area contributed by atoms with E-state index >= 15 is 4.39 Å². The normalized spacial score (nSPS) is 18.6. The van der Waals surface area contributed by atoms with Gasteiger partial charge in [-0.3, -0.25) is 4.98 Å². The van der Waals surface area contributed by atoms with E-state index in [0.29, 0.717) is 41.9 Å². The fourth-order valence-electron chi connectivity index (χ4n) is 5.88. The average Bonchev–Trinajstić information content (AvgIpc) is 3.30. The molecule has 2 bridgehead atoms. The van der Waals surface area contributed by atoms with Gasteiger partial charge in [-0.05, 0) is 41.3 Å². The minimum Gasteiger partial charge on any atom is -0.508 e. The number of halogens is 1. The number of pyridine rings is 1. The van der Waals surface area contributed by atoms with Crippen molar-refractivity contribution < 1.29 is 14.2 Å². The maximum absolute atomic E-state index is 16.4. The second-order valence-corrected chi connectivity index (χ2v) is 10.4. The topological polar surface area (TPSA) is 83.4 Å². The maximum atomic E-state index is 16.4. The molecular weight excluding hydrogens is 493 g/mol. The third kappa shape index (κ3) is 4.51. The Morgan fingerprint density at radius 2 is 1.72 bits per heavy atom. The van der Waals surface area contributed by atoms with Gasteiger partial charge in [-0.15, -0.1) is 0 Å². The van der Waals surface area contributed by atoms with Gasteiger partial charge >= 0.3 is 6.01 Å². The van der Waals surface area contributed by atoms with Crippen LogP contribution in [0.25, 0.3) is 32.9 Å². The van der Waals surface area contributed by atoms with Crippen LogP contribution in [-0.4, -0.2) is 51.8 Å². The second-order valence-electron chi connectivity index (χ2n) is 10.4. The average molecular weight is 522 g/mol. The van der Waals surface area contributed by atoms with Gasteiger partial charge in [0.15, 0.2) is 5.82 Å². The van der Waals surface area contributed by atoms with Crippen molar-refractivity contribution in [1.82, 2.24) is 20.3 Å². The number of nitrogens with one attached hydrogen (secondary N) is 1. The van der Waals surface area contributed by atoms with Gasteiger partial charge in [-0.25, -0.2) is 4.39 Å². The molecule has 2 aliphatic heterocycles. The van der Waals surface area contributed by atoms with Gasteiger partial charge in [0.2, 0.25) is 0 Å². The van der Waals surface area contributed by atoms with Crippen LogP contribution in [0, 0.1) is 5.82 Å². The van der Waals surface area contributed by atoms with Crippen molar-refractivity contribution in [3.05, 3.63) is 84.3 Å². The van der Waals surface area contributed by atoms with Crippen LogP contribution in [0.5, 0.6) is 11.8 Å². The zero-order valence-electron chi connectivity index (χ0n) is 21.3. The summed E-state index contributed by atoms with van der Waals surface area (Å²) in [5, 5.41) is 16.2. The van der Waals surface area contributed by atoms with Crippen LogP contribution in [0.15, 0.2) is 72.9 Å². The number of rotatable bonds is 6. The van der Waals surface area contributed by atoms with Crippen molar-refractivity contribution in [3.63, 3.8) is 0 Å². The Balaban J connectivity index is 1.33. The smallest absolute Gasteiger partial charge is 0.319 e. The predicted molar refractivity (Wildman–Crippen MR) is 150 cm³/mol. The minimum atomic E-state index is -0.557. The summed E-state index contributed by atoms with van der Waals surface area (Å²) in [6.45, 7) is 1.94. The highest BCUT2D eigenvalue weighted by Gasteiger charge is 2.34. The molecule has 7 nitrogen and oxygen atoms in total. The third-order valence-electron chi connectivity index (χ3n) is 7.73. The first-order valence-electron chi connectivity index (χ1n) is 13.4.